The fourth-order valence-corrected chi connectivity index (χ4v) is 7.19. The van der Waals surface area contributed by atoms with Gasteiger partial charge < -0.3 is 29.1 Å². The molecule has 2 amide bonds. The predicted molar refractivity (Wildman–Crippen MR) is 183 cm³/mol. The molecule has 0 radical (unpaired) electrons. The molecule has 0 saturated carbocycles. The zero-order chi connectivity index (χ0) is 34.7. The Morgan fingerprint density at radius 1 is 0.771 bits per heavy atom. The summed E-state index contributed by atoms with van der Waals surface area (Å²) in [5, 5.41) is 9.34. The first-order chi connectivity index (χ1) is 22.9. The van der Waals surface area contributed by atoms with Crippen LogP contribution in [0.2, 0.25) is 0 Å². The van der Waals surface area contributed by atoms with E-state index in [-0.39, 0.29) is 34.9 Å². The first kappa shape index (κ1) is 32.7. The zero-order valence-electron chi connectivity index (χ0n) is 28.4. The molecule has 4 aliphatic rings. The second kappa shape index (κ2) is 12.1. The van der Waals surface area contributed by atoms with Crippen LogP contribution in [0.5, 0.6) is 11.5 Å². The van der Waals surface area contributed by atoms with E-state index in [1.165, 1.54) is 7.11 Å². The number of anilines is 2. The Hall–Kier alpha value is -5.19. The van der Waals surface area contributed by atoms with Crippen molar-refractivity contribution < 1.29 is 28.7 Å². The van der Waals surface area contributed by atoms with E-state index in [4.69, 9.17) is 9.47 Å². The van der Waals surface area contributed by atoms with Gasteiger partial charge in [0.05, 0.1) is 35.6 Å². The first-order valence-corrected chi connectivity index (χ1v) is 16.2. The molecule has 3 aromatic carbocycles. The van der Waals surface area contributed by atoms with Crippen LogP contribution in [0.1, 0.15) is 51.3 Å². The summed E-state index contributed by atoms with van der Waals surface area (Å²) in [5.41, 5.74) is 2.68. The number of Topliss-reactive ketones (excluding diaryl/α,β-unsaturated/α-hetero) is 1. The third-order valence-electron chi connectivity index (χ3n) is 9.72. The molecule has 250 valence electrons. The lowest BCUT2D eigenvalue weighted by Gasteiger charge is -2.43. The van der Waals surface area contributed by atoms with E-state index in [0.717, 1.165) is 11.4 Å². The van der Waals surface area contributed by atoms with Gasteiger partial charge in [0.25, 0.3) is 0 Å². The number of amides is 2. The van der Waals surface area contributed by atoms with Gasteiger partial charge in [0.2, 0.25) is 17.6 Å². The van der Waals surface area contributed by atoms with E-state index in [1.54, 1.807) is 56.2 Å². The van der Waals surface area contributed by atoms with Crippen molar-refractivity contribution in [2.24, 2.45) is 11.8 Å². The Labute approximate surface area is 280 Å². The Kier molecular flexibility index (Phi) is 8.26. The average molecular weight is 652 g/mol. The molecule has 11 nitrogen and oxygen atoms in total. The van der Waals surface area contributed by atoms with Gasteiger partial charge in [-0.1, -0.05) is 26.0 Å². The SMILES string of the molecule is CC.COC(=O)c1ccc2c(c1)C1(C(=N)C2=O)c2ccc(N3CC(C(=O)N(C)C)C3)cc2Oc2cc(N3CC(C(=O)N(C)C)C3)ccc21. The maximum absolute atomic E-state index is 13.7. The zero-order valence-corrected chi connectivity index (χ0v) is 28.4. The van der Waals surface area contributed by atoms with Gasteiger partial charge in [0, 0.05) is 94.6 Å². The van der Waals surface area contributed by atoms with Crippen LogP contribution in [0, 0.1) is 17.2 Å². The Morgan fingerprint density at radius 2 is 1.25 bits per heavy atom. The normalized spacial score (nSPS) is 17.1. The van der Waals surface area contributed by atoms with Gasteiger partial charge in [-0.3, -0.25) is 19.8 Å². The number of methoxy groups -OCH3 is 1. The second-order valence-electron chi connectivity index (χ2n) is 12.8. The summed E-state index contributed by atoms with van der Waals surface area (Å²) in [6, 6.07) is 16.2. The van der Waals surface area contributed by atoms with Crippen molar-refractivity contribution in [3.63, 3.8) is 0 Å². The minimum absolute atomic E-state index is 0.0855. The average Bonchev–Trinajstić information content (AvgIpc) is 3.25. The fourth-order valence-electron chi connectivity index (χ4n) is 7.19. The van der Waals surface area contributed by atoms with Crippen molar-refractivity contribution in [3.8, 4) is 11.5 Å². The van der Waals surface area contributed by atoms with Crippen molar-refractivity contribution >= 4 is 40.7 Å². The maximum Gasteiger partial charge on any atom is 0.337 e. The number of carbonyl (C=O) groups excluding carboxylic acids is 4. The molecule has 0 aromatic heterocycles. The van der Waals surface area contributed by atoms with E-state index >= 15 is 0 Å². The van der Waals surface area contributed by atoms with Crippen molar-refractivity contribution in [1.29, 1.82) is 5.41 Å². The minimum atomic E-state index is -1.33. The van der Waals surface area contributed by atoms with E-state index in [9.17, 15) is 24.6 Å². The molecule has 2 fully saturated rings. The molecule has 3 heterocycles. The van der Waals surface area contributed by atoms with E-state index < -0.39 is 17.2 Å². The highest BCUT2D eigenvalue weighted by Gasteiger charge is 2.56. The molecule has 1 N–H and O–H groups in total. The van der Waals surface area contributed by atoms with Crippen LogP contribution in [0.25, 0.3) is 0 Å². The van der Waals surface area contributed by atoms with Gasteiger partial charge in [0.15, 0.2) is 0 Å². The number of ether oxygens (including phenoxy) is 2. The Morgan fingerprint density at radius 3 is 1.69 bits per heavy atom. The topological polar surface area (TPSA) is 124 Å². The van der Waals surface area contributed by atoms with Gasteiger partial charge in [0.1, 0.15) is 11.5 Å². The van der Waals surface area contributed by atoms with Crippen LogP contribution in [0.3, 0.4) is 0 Å². The number of nitrogens with zero attached hydrogens (tertiary/aromatic N) is 4. The lowest BCUT2D eigenvalue weighted by molar-refractivity contribution is -0.134. The van der Waals surface area contributed by atoms with Crippen molar-refractivity contribution in [3.05, 3.63) is 82.4 Å². The molecule has 1 spiro atoms. The lowest BCUT2D eigenvalue weighted by Crippen LogP contribution is -2.53. The standard InChI is InChI=1S/C35H35N5O6.C2H6/c1-37(2)32(42)20-15-39(16-20)22-7-10-25-28(13-22)46-29-14-23(40-17-21(18-40)33(43)38(3)4)8-11-26(29)35(25)27-12-19(34(44)45-5)6-9-24(27)30(41)31(35)36;1-2/h6-14,20-21,36H,15-18H2,1-5H3;1-2H3. The van der Waals surface area contributed by atoms with Crippen LogP contribution in [-0.2, 0) is 19.7 Å². The monoisotopic (exact) mass is 651 g/mol. The summed E-state index contributed by atoms with van der Waals surface area (Å²) in [6.45, 7) is 6.29. The van der Waals surface area contributed by atoms with Crippen molar-refractivity contribution in [1.82, 2.24) is 9.80 Å². The number of rotatable bonds is 5. The molecule has 3 aliphatic heterocycles. The summed E-state index contributed by atoms with van der Waals surface area (Å²) in [7, 11) is 8.32. The summed E-state index contributed by atoms with van der Waals surface area (Å²) in [4.78, 5) is 58.8. The molecule has 48 heavy (non-hydrogen) atoms. The molecule has 1 aliphatic carbocycles. The summed E-state index contributed by atoms with van der Waals surface area (Å²) in [5.74, 6) is 0.00583. The molecule has 0 bridgehead atoms. The highest BCUT2D eigenvalue weighted by atomic mass is 16.5. The molecule has 0 unspecified atom stereocenters. The fraction of sp³-hybridized carbons (Fsp3) is 0.378. The number of nitrogens with one attached hydrogen (secondary N) is 1. The summed E-state index contributed by atoms with van der Waals surface area (Å²) < 4.78 is 11.6. The number of carbonyl (C=O) groups is 4. The van der Waals surface area contributed by atoms with Gasteiger partial charge in [-0.05, 0) is 35.9 Å². The molecule has 11 heteroatoms. The van der Waals surface area contributed by atoms with Crippen LogP contribution < -0.4 is 14.5 Å². The van der Waals surface area contributed by atoms with Gasteiger partial charge in [-0.2, -0.15) is 0 Å². The number of benzene rings is 3. The smallest absolute Gasteiger partial charge is 0.337 e. The van der Waals surface area contributed by atoms with Gasteiger partial charge in [-0.25, -0.2) is 4.79 Å². The van der Waals surface area contributed by atoms with E-state index in [1.807, 2.05) is 50.2 Å². The Balaban J connectivity index is 0.00000197. The molecule has 7 rings (SSSR count). The Bertz CT molecular complexity index is 1770. The lowest BCUT2D eigenvalue weighted by atomic mass is 9.67. The number of hydrogen-bond donors (Lipinski definition) is 1. The maximum atomic E-state index is 13.7. The minimum Gasteiger partial charge on any atom is -0.465 e. The molecule has 2 saturated heterocycles. The molecular weight excluding hydrogens is 610 g/mol. The molecule has 3 aromatic rings. The van der Waals surface area contributed by atoms with Crippen molar-refractivity contribution in [2.75, 3.05) is 71.3 Å². The molecular formula is C37H41N5O6. The second-order valence-corrected chi connectivity index (χ2v) is 12.8. The quantitative estimate of drug-likeness (QED) is 0.408. The van der Waals surface area contributed by atoms with Crippen molar-refractivity contribution in [2.45, 2.75) is 19.3 Å². The van der Waals surface area contributed by atoms with Gasteiger partial charge >= 0.3 is 5.97 Å². The van der Waals surface area contributed by atoms with Gasteiger partial charge in [-0.15, -0.1) is 0 Å². The van der Waals surface area contributed by atoms with E-state index in [2.05, 4.69) is 9.80 Å². The number of esters is 1. The highest BCUT2D eigenvalue weighted by molar-refractivity contribution is 6.53. The first-order valence-electron chi connectivity index (χ1n) is 16.2. The van der Waals surface area contributed by atoms with Crippen LogP contribution >= 0.6 is 0 Å². The largest absolute Gasteiger partial charge is 0.465 e. The summed E-state index contributed by atoms with van der Waals surface area (Å²) >= 11 is 0. The van der Waals surface area contributed by atoms with Crippen LogP contribution in [-0.4, -0.2) is 101 Å². The number of ketones is 1. The third-order valence-corrected chi connectivity index (χ3v) is 9.72. The summed E-state index contributed by atoms with van der Waals surface area (Å²) in [6.07, 6.45) is 0. The number of fused-ring (bicyclic) bond motifs is 6. The molecule has 0 atom stereocenters. The number of hydrogen-bond acceptors (Lipinski definition) is 9. The predicted octanol–water partition coefficient (Wildman–Crippen LogP) is 4.20. The highest BCUT2D eigenvalue weighted by Crippen LogP contribution is 2.57. The van der Waals surface area contributed by atoms with Crippen LogP contribution in [0.4, 0.5) is 11.4 Å². The van der Waals surface area contributed by atoms with E-state index in [0.29, 0.717) is 59.9 Å². The third kappa shape index (κ3) is 4.82. The van der Waals surface area contributed by atoms with Crippen LogP contribution in [0.15, 0.2) is 54.6 Å².